The molecule has 5 aromatic rings. The van der Waals surface area contributed by atoms with Gasteiger partial charge in [0.2, 0.25) is 5.91 Å². The van der Waals surface area contributed by atoms with Crippen LogP contribution in [0.3, 0.4) is 0 Å². The lowest BCUT2D eigenvalue weighted by atomic mass is 10.1. The van der Waals surface area contributed by atoms with Gasteiger partial charge in [0, 0.05) is 23.5 Å². The first kappa shape index (κ1) is 25.4. The smallest absolute Gasteiger partial charge is 0.278 e. The molecule has 0 spiro atoms. The number of ether oxygens (including phenoxy) is 1. The topological polar surface area (TPSA) is 89.0 Å². The van der Waals surface area contributed by atoms with E-state index in [1.165, 1.54) is 11.8 Å². The van der Waals surface area contributed by atoms with Crippen molar-refractivity contribution in [1.29, 1.82) is 0 Å². The number of nitrogens with one attached hydrogen (secondary N) is 2. The van der Waals surface area contributed by atoms with Crippen LogP contribution in [0.1, 0.15) is 25.5 Å². The number of rotatable bonds is 9. The Kier molecular flexibility index (Phi) is 7.60. The molecule has 0 aliphatic heterocycles. The average molecular weight is 525 g/mol. The van der Waals surface area contributed by atoms with E-state index in [1.807, 2.05) is 105 Å². The summed E-state index contributed by atoms with van der Waals surface area (Å²) in [6, 6.07) is 26.9. The second-order valence-electron chi connectivity index (χ2n) is 9.09. The third-order valence-corrected chi connectivity index (χ3v) is 6.97. The fourth-order valence-corrected chi connectivity index (χ4v) is 5.07. The predicted molar refractivity (Wildman–Crippen MR) is 153 cm³/mol. The molecule has 0 aliphatic rings. The van der Waals surface area contributed by atoms with E-state index in [0.29, 0.717) is 28.5 Å². The van der Waals surface area contributed by atoms with Crippen LogP contribution in [0.4, 0.5) is 5.69 Å². The van der Waals surface area contributed by atoms with Crippen molar-refractivity contribution in [2.45, 2.75) is 31.7 Å². The summed E-state index contributed by atoms with van der Waals surface area (Å²) in [4.78, 5) is 34.0. The Balaban J connectivity index is 1.28. The van der Waals surface area contributed by atoms with Crippen molar-refractivity contribution in [3.63, 3.8) is 0 Å². The zero-order valence-corrected chi connectivity index (χ0v) is 22.0. The van der Waals surface area contributed by atoms with Crippen molar-refractivity contribution in [3.8, 4) is 16.9 Å². The number of benzene rings is 3. The van der Waals surface area contributed by atoms with Gasteiger partial charge < -0.3 is 15.0 Å². The highest BCUT2D eigenvalue weighted by Gasteiger charge is 2.19. The highest BCUT2D eigenvalue weighted by Crippen LogP contribution is 2.29. The van der Waals surface area contributed by atoms with Crippen LogP contribution in [0.25, 0.3) is 22.2 Å². The van der Waals surface area contributed by atoms with E-state index in [-0.39, 0.29) is 23.3 Å². The molecule has 0 radical (unpaired) electrons. The number of carbonyl (C=O) groups excluding carboxylic acids is 1. The third-order valence-electron chi connectivity index (χ3n) is 6.02. The van der Waals surface area contributed by atoms with Gasteiger partial charge in [-0.15, -0.1) is 0 Å². The molecule has 0 unspecified atom stereocenters. The normalized spacial score (nSPS) is 11.1. The van der Waals surface area contributed by atoms with E-state index in [0.717, 1.165) is 22.4 Å². The molecule has 38 heavy (non-hydrogen) atoms. The number of aromatic amines is 1. The van der Waals surface area contributed by atoms with E-state index in [2.05, 4.69) is 10.3 Å². The first-order valence-corrected chi connectivity index (χ1v) is 13.4. The van der Waals surface area contributed by atoms with Crippen molar-refractivity contribution in [1.82, 2.24) is 14.5 Å². The van der Waals surface area contributed by atoms with Gasteiger partial charge in [-0.3, -0.25) is 14.2 Å². The second kappa shape index (κ2) is 11.4. The summed E-state index contributed by atoms with van der Waals surface area (Å²) in [5.74, 6) is 0.650. The molecule has 0 saturated heterocycles. The number of hydrogen-bond acceptors (Lipinski definition) is 5. The van der Waals surface area contributed by atoms with Crippen molar-refractivity contribution in [2.24, 2.45) is 0 Å². The SMILES string of the molecule is CC(C)n1c(SCC(=O)Nc2ccc(OCc3ccccc3)cc2)nc2c(-c3ccccc3)c[nH]c2c1=O. The molecule has 192 valence electrons. The molecule has 0 fully saturated rings. The summed E-state index contributed by atoms with van der Waals surface area (Å²) >= 11 is 1.25. The van der Waals surface area contributed by atoms with Gasteiger partial charge in [0.05, 0.1) is 5.75 Å². The summed E-state index contributed by atoms with van der Waals surface area (Å²) in [6.45, 7) is 4.34. The number of aromatic nitrogens is 3. The first-order valence-electron chi connectivity index (χ1n) is 12.4. The Labute approximate surface area is 224 Å². The van der Waals surface area contributed by atoms with Gasteiger partial charge in [0.15, 0.2) is 5.16 Å². The molecule has 0 bridgehead atoms. The van der Waals surface area contributed by atoms with Gasteiger partial charge in [-0.2, -0.15) is 0 Å². The monoisotopic (exact) mass is 524 g/mol. The summed E-state index contributed by atoms with van der Waals surface area (Å²) in [6.07, 6.45) is 1.81. The Morgan fingerprint density at radius 1 is 1.00 bits per heavy atom. The Morgan fingerprint density at radius 3 is 2.37 bits per heavy atom. The number of H-pyrrole nitrogens is 1. The van der Waals surface area contributed by atoms with Gasteiger partial charge >= 0.3 is 0 Å². The van der Waals surface area contributed by atoms with E-state index in [4.69, 9.17) is 9.72 Å². The molecular weight excluding hydrogens is 496 g/mol. The molecule has 0 atom stereocenters. The summed E-state index contributed by atoms with van der Waals surface area (Å²) in [5, 5.41) is 3.42. The number of thioether (sulfide) groups is 1. The highest BCUT2D eigenvalue weighted by atomic mass is 32.2. The zero-order valence-electron chi connectivity index (χ0n) is 21.2. The molecule has 0 saturated carbocycles. The molecule has 7 nitrogen and oxygen atoms in total. The van der Waals surface area contributed by atoms with Gasteiger partial charge in [-0.25, -0.2) is 4.98 Å². The molecule has 2 heterocycles. The lowest BCUT2D eigenvalue weighted by Crippen LogP contribution is -2.25. The maximum absolute atomic E-state index is 13.3. The van der Waals surface area contributed by atoms with Crippen LogP contribution in [0.5, 0.6) is 5.75 Å². The van der Waals surface area contributed by atoms with Gasteiger partial charge in [-0.1, -0.05) is 72.4 Å². The summed E-state index contributed by atoms with van der Waals surface area (Å²) in [7, 11) is 0. The van der Waals surface area contributed by atoms with Crippen LogP contribution in [-0.4, -0.2) is 26.2 Å². The number of nitrogens with zero attached hydrogens (tertiary/aromatic N) is 2. The lowest BCUT2D eigenvalue weighted by Gasteiger charge is -2.15. The minimum absolute atomic E-state index is 0.113. The van der Waals surface area contributed by atoms with Crippen molar-refractivity contribution in [2.75, 3.05) is 11.1 Å². The van der Waals surface area contributed by atoms with Crippen molar-refractivity contribution < 1.29 is 9.53 Å². The van der Waals surface area contributed by atoms with Gasteiger partial charge in [-0.05, 0) is 49.2 Å². The Bertz CT molecular complexity index is 1590. The number of anilines is 1. The average Bonchev–Trinajstić information content (AvgIpc) is 3.37. The number of carbonyl (C=O) groups is 1. The standard InChI is InChI=1S/C30H28N4O3S/c1-20(2)34-29(36)28-27(25(17-31-28)22-11-7-4-8-12-22)33-30(34)38-19-26(35)32-23-13-15-24(16-14-23)37-18-21-9-5-3-6-10-21/h3-17,20,31H,18-19H2,1-2H3,(H,32,35). The van der Waals surface area contributed by atoms with Gasteiger partial charge in [0.25, 0.3) is 5.56 Å². The number of hydrogen-bond donors (Lipinski definition) is 2. The van der Waals surface area contributed by atoms with Crippen LogP contribution < -0.4 is 15.6 Å². The quantitative estimate of drug-likeness (QED) is 0.175. The Morgan fingerprint density at radius 2 is 1.68 bits per heavy atom. The molecule has 0 aliphatic carbocycles. The molecule has 3 aromatic carbocycles. The van der Waals surface area contributed by atoms with Crippen molar-refractivity contribution >= 4 is 34.4 Å². The maximum atomic E-state index is 13.3. The van der Waals surface area contributed by atoms with Gasteiger partial charge in [0.1, 0.15) is 23.4 Å². The highest BCUT2D eigenvalue weighted by molar-refractivity contribution is 7.99. The van der Waals surface area contributed by atoms with Crippen LogP contribution in [-0.2, 0) is 11.4 Å². The van der Waals surface area contributed by atoms with Crippen LogP contribution in [0, 0.1) is 0 Å². The number of fused-ring (bicyclic) bond motifs is 1. The molecular formula is C30H28N4O3S. The maximum Gasteiger partial charge on any atom is 0.278 e. The Hall–Kier alpha value is -4.30. The largest absolute Gasteiger partial charge is 0.489 e. The molecule has 8 heteroatoms. The third kappa shape index (κ3) is 5.65. The fraction of sp³-hybridized carbons (Fsp3) is 0.167. The lowest BCUT2D eigenvalue weighted by molar-refractivity contribution is -0.113. The van der Waals surface area contributed by atoms with E-state index < -0.39 is 0 Å². The second-order valence-corrected chi connectivity index (χ2v) is 10.0. The van der Waals surface area contributed by atoms with E-state index >= 15 is 0 Å². The summed E-state index contributed by atoms with van der Waals surface area (Å²) < 4.78 is 7.44. The molecule has 5 rings (SSSR count). The molecule has 1 amide bonds. The summed E-state index contributed by atoms with van der Waals surface area (Å²) in [5.41, 5.74) is 4.50. The first-order chi connectivity index (χ1) is 18.5. The van der Waals surface area contributed by atoms with Crippen LogP contribution >= 0.6 is 11.8 Å². The molecule has 2 N–H and O–H groups in total. The number of amides is 1. The van der Waals surface area contributed by atoms with Crippen LogP contribution in [0.15, 0.2) is 101 Å². The predicted octanol–water partition coefficient (Wildman–Crippen LogP) is 6.28. The minimum Gasteiger partial charge on any atom is -0.489 e. The molecule has 2 aromatic heterocycles. The van der Waals surface area contributed by atoms with E-state index in [1.54, 1.807) is 4.57 Å². The van der Waals surface area contributed by atoms with Crippen molar-refractivity contribution in [3.05, 3.63) is 107 Å². The minimum atomic E-state index is -0.185. The zero-order chi connectivity index (χ0) is 26.5. The van der Waals surface area contributed by atoms with Crippen LogP contribution in [0.2, 0.25) is 0 Å². The fourth-order valence-electron chi connectivity index (χ4n) is 4.15. The van der Waals surface area contributed by atoms with E-state index in [9.17, 15) is 9.59 Å².